The number of carbonyl (C=O) groups is 1. The van der Waals surface area contributed by atoms with Crippen molar-refractivity contribution in [3.8, 4) is 0 Å². The van der Waals surface area contributed by atoms with E-state index in [0.717, 1.165) is 30.5 Å². The van der Waals surface area contributed by atoms with Gasteiger partial charge in [-0.15, -0.1) is 0 Å². The Balaban J connectivity index is 1.52. The topological polar surface area (TPSA) is 75.5 Å². The smallest absolute Gasteiger partial charge is 0.262 e. The van der Waals surface area contributed by atoms with Crippen molar-refractivity contribution in [2.24, 2.45) is 0 Å². The number of rotatable bonds is 4. The van der Waals surface area contributed by atoms with Gasteiger partial charge in [0, 0.05) is 31.0 Å². The van der Waals surface area contributed by atoms with E-state index in [-0.39, 0.29) is 23.5 Å². The number of hydrogen-bond donors (Lipinski definition) is 0. The number of hydrogen-bond acceptors (Lipinski definition) is 4. The number of amides is 1. The molecule has 1 fully saturated rings. The maximum Gasteiger partial charge on any atom is 0.262 e. The molecule has 0 saturated carbocycles. The molecule has 0 aliphatic carbocycles. The van der Waals surface area contributed by atoms with Gasteiger partial charge < -0.3 is 9.47 Å². The Hall–Kier alpha value is -2.19. The molecular weight excluding hydrogens is 352 g/mol. The molecule has 4 rings (SSSR count). The third-order valence-electron chi connectivity index (χ3n) is 5.07. The van der Waals surface area contributed by atoms with Crippen LogP contribution in [-0.2, 0) is 27.8 Å². The Morgan fingerprint density at radius 3 is 2.73 bits per heavy atom. The summed E-state index contributed by atoms with van der Waals surface area (Å²) in [5.41, 5.74) is 2.10. The fourth-order valence-corrected chi connectivity index (χ4v) is 5.25. The average Bonchev–Trinajstić information content (AvgIpc) is 3.33. The van der Waals surface area contributed by atoms with Gasteiger partial charge in [-0.3, -0.25) is 4.79 Å². The predicted molar refractivity (Wildman–Crippen MR) is 97.3 cm³/mol. The number of aromatic nitrogens is 2. The van der Waals surface area contributed by atoms with Crippen molar-refractivity contribution in [2.45, 2.75) is 43.8 Å². The molecule has 2 aliphatic rings. The lowest BCUT2D eigenvalue weighted by molar-refractivity contribution is -0.119. The van der Waals surface area contributed by atoms with Crippen molar-refractivity contribution >= 4 is 21.6 Å². The standard InChI is InChI=1S/C18H22N4O3S/c1-14-10-15-6-2-3-7-16(15)22(14)18(23)12-20-11-17(19-13-20)26(24,25)21-8-4-5-9-21/h2-3,6-7,11,13-14H,4-5,8-10,12H2,1H3/t14-/m1/s1. The van der Waals surface area contributed by atoms with Gasteiger partial charge in [0.25, 0.3) is 10.0 Å². The summed E-state index contributed by atoms with van der Waals surface area (Å²) in [6.07, 6.45) is 5.47. The van der Waals surface area contributed by atoms with Gasteiger partial charge in [-0.2, -0.15) is 4.31 Å². The minimum atomic E-state index is -3.56. The molecule has 0 N–H and O–H groups in total. The summed E-state index contributed by atoms with van der Waals surface area (Å²) in [6.45, 7) is 3.17. The van der Waals surface area contributed by atoms with Gasteiger partial charge >= 0.3 is 0 Å². The van der Waals surface area contributed by atoms with Crippen LogP contribution >= 0.6 is 0 Å². The molecule has 0 unspecified atom stereocenters. The van der Waals surface area contributed by atoms with E-state index in [4.69, 9.17) is 0 Å². The van der Waals surface area contributed by atoms with E-state index in [1.54, 1.807) is 9.47 Å². The molecule has 2 aromatic rings. The lowest BCUT2D eigenvalue weighted by Crippen LogP contribution is -2.37. The number of carbonyl (C=O) groups excluding carboxylic acids is 1. The molecular formula is C18H22N4O3S. The monoisotopic (exact) mass is 374 g/mol. The predicted octanol–water partition coefficient (Wildman–Crippen LogP) is 1.65. The average molecular weight is 374 g/mol. The normalized spacial score (nSPS) is 20.5. The maximum absolute atomic E-state index is 12.8. The van der Waals surface area contributed by atoms with Crippen LogP contribution in [0.25, 0.3) is 0 Å². The van der Waals surface area contributed by atoms with E-state index >= 15 is 0 Å². The fourth-order valence-electron chi connectivity index (χ4n) is 3.80. The molecule has 1 saturated heterocycles. The summed E-state index contributed by atoms with van der Waals surface area (Å²) in [4.78, 5) is 18.7. The van der Waals surface area contributed by atoms with Gasteiger partial charge in [-0.25, -0.2) is 13.4 Å². The first-order chi connectivity index (χ1) is 12.5. The van der Waals surface area contributed by atoms with Crippen LogP contribution in [0.2, 0.25) is 0 Å². The SMILES string of the molecule is C[C@@H]1Cc2ccccc2N1C(=O)Cn1cnc(S(=O)(=O)N2CCCC2)c1. The second kappa shape index (κ2) is 6.51. The zero-order valence-electron chi connectivity index (χ0n) is 14.7. The van der Waals surface area contributed by atoms with Crippen molar-refractivity contribution in [3.05, 3.63) is 42.4 Å². The highest BCUT2D eigenvalue weighted by Gasteiger charge is 2.32. The van der Waals surface area contributed by atoms with E-state index in [0.29, 0.717) is 13.1 Å². The molecule has 1 atom stereocenters. The highest BCUT2D eigenvalue weighted by Crippen LogP contribution is 2.32. The Kier molecular flexibility index (Phi) is 4.32. The van der Waals surface area contributed by atoms with E-state index in [2.05, 4.69) is 4.98 Å². The first-order valence-corrected chi connectivity index (χ1v) is 10.3. The largest absolute Gasteiger partial charge is 0.327 e. The van der Waals surface area contributed by atoms with Crippen LogP contribution in [0.5, 0.6) is 0 Å². The maximum atomic E-state index is 12.8. The molecule has 26 heavy (non-hydrogen) atoms. The van der Waals surface area contributed by atoms with E-state index in [1.807, 2.05) is 31.2 Å². The van der Waals surface area contributed by atoms with Crippen LogP contribution in [-0.4, -0.2) is 47.3 Å². The van der Waals surface area contributed by atoms with Crippen LogP contribution in [0.4, 0.5) is 5.69 Å². The third kappa shape index (κ3) is 2.93. The van der Waals surface area contributed by atoms with Crippen molar-refractivity contribution < 1.29 is 13.2 Å². The second-order valence-electron chi connectivity index (χ2n) is 6.94. The molecule has 2 aliphatic heterocycles. The van der Waals surface area contributed by atoms with Gasteiger partial charge in [-0.1, -0.05) is 18.2 Å². The van der Waals surface area contributed by atoms with E-state index in [9.17, 15) is 13.2 Å². The zero-order valence-corrected chi connectivity index (χ0v) is 15.5. The number of fused-ring (bicyclic) bond motifs is 1. The second-order valence-corrected chi connectivity index (χ2v) is 8.83. The molecule has 3 heterocycles. The van der Waals surface area contributed by atoms with Crippen LogP contribution in [0.3, 0.4) is 0 Å². The van der Waals surface area contributed by atoms with Crippen LogP contribution in [0.15, 0.2) is 41.8 Å². The lowest BCUT2D eigenvalue weighted by atomic mass is 10.1. The van der Waals surface area contributed by atoms with Crippen LogP contribution in [0.1, 0.15) is 25.3 Å². The van der Waals surface area contributed by atoms with Crippen molar-refractivity contribution in [1.82, 2.24) is 13.9 Å². The Morgan fingerprint density at radius 2 is 1.96 bits per heavy atom. The molecule has 1 amide bonds. The summed E-state index contributed by atoms with van der Waals surface area (Å²) >= 11 is 0. The molecule has 1 aromatic heterocycles. The zero-order chi connectivity index (χ0) is 18.3. The minimum absolute atomic E-state index is 0.0158. The first-order valence-electron chi connectivity index (χ1n) is 8.89. The highest BCUT2D eigenvalue weighted by atomic mass is 32.2. The molecule has 0 radical (unpaired) electrons. The number of nitrogens with zero attached hydrogens (tertiary/aromatic N) is 4. The molecule has 138 valence electrons. The molecule has 7 nitrogen and oxygen atoms in total. The van der Waals surface area contributed by atoms with Crippen LogP contribution < -0.4 is 4.90 Å². The molecule has 0 bridgehead atoms. The Bertz CT molecular complexity index is 931. The van der Waals surface area contributed by atoms with E-state index < -0.39 is 10.0 Å². The number of para-hydroxylation sites is 1. The van der Waals surface area contributed by atoms with Crippen LogP contribution in [0, 0.1) is 0 Å². The van der Waals surface area contributed by atoms with Gasteiger partial charge in [0.2, 0.25) is 5.91 Å². The molecule has 8 heteroatoms. The molecule has 0 spiro atoms. The first kappa shape index (κ1) is 17.2. The van der Waals surface area contributed by atoms with Gasteiger partial charge in [0.1, 0.15) is 6.54 Å². The van der Waals surface area contributed by atoms with Crippen molar-refractivity contribution in [3.63, 3.8) is 0 Å². The van der Waals surface area contributed by atoms with Gasteiger partial charge in [0.15, 0.2) is 5.03 Å². The lowest BCUT2D eigenvalue weighted by Gasteiger charge is -2.22. The Morgan fingerprint density at radius 1 is 1.23 bits per heavy atom. The number of benzene rings is 1. The van der Waals surface area contributed by atoms with E-state index in [1.165, 1.54) is 16.8 Å². The highest BCUT2D eigenvalue weighted by molar-refractivity contribution is 7.89. The van der Waals surface area contributed by atoms with Gasteiger partial charge in [0.05, 0.1) is 6.33 Å². The summed E-state index contributed by atoms with van der Waals surface area (Å²) in [7, 11) is -3.56. The van der Waals surface area contributed by atoms with Crippen molar-refractivity contribution in [2.75, 3.05) is 18.0 Å². The van der Waals surface area contributed by atoms with Gasteiger partial charge in [-0.05, 0) is 37.8 Å². The number of sulfonamides is 1. The summed E-state index contributed by atoms with van der Waals surface area (Å²) in [6, 6.07) is 7.99. The molecule has 1 aromatic carbocycles. The summed E-state index contributed by atoms with van der Waals surface area (Å²) in [5.74, 6) is -0.0648. The minimum Gasteiger partial charge on any atom is -0.327 e. The summed E-state index contributed by atoms with van der Waals surface area (Å²) in [5, 5.41) is 0.0158. The summed E-state index contributed by atoms with van der Waals surface area (Å²) < 4.78 is 28.1. The Labute approximate surface area is 153 Å². The third-order valence-corrected chi connectivity index (χ3v) is 6.86. The van der Waals surface area contributed by atoms with Crippen molar-refractivity contribution in [1.29, 1.82) is 0 Å². The fraction of sp³-hybridized carbons (Fsp3) is 0.444. The quantitative estimate of drug-likeness (QED) is 0.815. The number of anilines is 1. The number of imidazole rings is 1.